The first-order valence-electron chi connectivity index (χ1n) is 11.4. The van der Waals surface area contributed by atoms with Crippen molar-refractivity contribution in [1.82, 2.24) is 4.98 Å². The average Bonchev–Trinajstić information content (AvgIpc) is 2.93. The number of ether oxygens (including phenoxy) is 4. The number of nitrogens with zero attached hydrogens (tertiary/aromatic N) is 3. The molecule has 34 heavy (non-hydrogen) atoms. The fraction of sp³-hybridized carbons (Fsp3) is 0.296. The molecular formula is C27H27N3O4. The van der Waals surface area contributed by atoms with Crippen LogP contribution in [0, 0.1) is 0 Å². The second kappa shape index (κ2) is 9.95. The maximum absolute atomic E-state index is 5.89. The van der Waals surface area contributed by atoms with Gasteiger partial charge in [0.2, 0.25) is 11.8 Å². The van der Waals surface area contributed by atoms with Crippen LogP contribution in [0.3, 0.4) is 0 Å². The lowest BCUT2D eigenvalue weighted by Crippen LogP contribution is -2.22. The van der Waals surface area contributed by atoms with Crippen LogP contribution in [0.4, 0.5) is 0 Å². The van der Waals surface area contributed by atoms with Gasteiger partial charge in [-0.05, 0) is 47.5 Å². The first-order chi connectivity index (χ1) is 16.7. The Hall–Kier alpha value is -3.87. The van der Waals surface area contributed by atoms with Crippen molar-refractivity contribution < 1.29 is 18.9 Å². The Bertz CT molecular complexity index is 1100. The second-order valence-electron chi connectivity index (χ2n) is 8.13. The van der Waals surface area contributed by atoms with E-state index in [0.717, 1.165) is 35.5 Å². The molecule has 2 aliphatic rings. The molecule has 0 amide bonds. The van der Waals surface area contributed by atoms with Gasteiger partial charge in [0, 0.05) is 12.8 Å². The van der Waals surface area contributed by atoms with Gasteiger partial charge in [0.15, 0.2) is 0 Å². The summed E-state index contributed by atoms with van der Waals surface area (Å²) in [5, 5.41) is 0. The number of benzene rings is 2. The summed E-state index contributed by atoms with van der Waals surface area (Å²) in [6.45, 7) is 1.16. The summed E-state index contributed by atoms with van der Waals surface area (Å²) in [4.78, 5) is 14.5. The molecule has 2 atom stereocenters. The number of hydrogen-bond acceptors (Lipinski definition) is 7. The normalized spacial score (nSPS) is 19.8. The van der Waals surface area contributed by atoms with Gasteiger partial charge in [-0.2, -0.15) is 0 Å². The highest BCUT2D eigenvalue weighted by Crippen LogP contribution is 2.29. The van der Waals surface area contributed by atoms with Crippen LogP contribution in [-0.4, -0.2) is 44.2 Å². The standard InChI is InChI=1S/C27H27N3O4/c1-31-20-10-6-18(7-11-20)22-14-16-33-26(29-22)24-4-3-5-25(28-24)27-30-23(15-17-34-27)19-8-12-21(32-2)13-9-19/h3-13,22-23H,14-17H2,1-2H3/t22-,23-/m0/s1. The molecule has 0 unspecified atom stereocenters. The molecule has 0 saturated carbocycles. The minimum Gasteiger partial charge on any atom is -0.497 e. The smallest absolute Gasteiger partial charge is 0.235 e. The number of hydrogen-bond donors (Lipinski definition) is 0. The first kappa shape index (κ1) is 21.9. The van der Waals surface area contributed by atoms with Crippen LogP contribution < -0.4 is 9.47 Å². The fourth-order valence-electron chi connectivity index (χ4n) is 4.11. The van der Waals surface area contributed by atoms with Gasteiger partial charge in [-0.3, -0.25) is 0 Å². The number of methoxy groups -OCH3 is 2. The van der Waals surface area contributed by atoms with Crippen molar-refractivity contribution in [1.29, 1.82) is 0 Å². The molecule has 0 bridgehead atoms. The number of rotatable bonds is 6. The van der Waals surface area contributed by atoms with E-state index in [2.05, 4.69) is 0 Å². The molecular weight excluding hydrogens is 430 g/mol. The fourth-order valence-corrected chi connectivity index (χ4v) is 4.11. The van der Waals surface area contributed by atoms with Crippen LogP contribution in [0.15, 0.2) is 76.7 Å². The summed E-state index contributed by atoms with van der Waals surface area (Å²) < 4.78 is 22.3. The topological polar surface area (TPSA) is 74.5 Å². The molecule has 174 valence electrons. The maximum atomic E-state index is 5.89. The summed E-state index contributed by atoms with van der Waals surface area (Å²) in [5.74, 6) is 2.74. The molecule has 7 nitrogen and oxygen atoms in total. The van der Waals surface area contributed by atoms with Crippen molar-refractivity contribution in [2.75, 3.05) is 27.4 Å². The molecule has 0 fully saturated rings. The van der Waals surface area contributed by atoms with E-state index in [9.17, 15) is 0 Å². The van der Waals surface area contributed by atoms with E-state index in [1.54, 1.807) is 14.2 Å². The Morgan fingerprint density at radius 3 is 1.50 bits per heavy atom. The summed E-state index contributed by atoms with van der Waals surface area (Å²) >= 11 is 0. The van der Waals surface area contributed by atoms with E-state index in [1.165, 1.54) is 0 Å². The molecule has 0 aliphatic carbocycles. The second-order valence-corrected chi connectivity index (χ2v) is 8.13. The van der Waals surface area contributed by atoms with E-state index in [-0.39, 0.29) is 12.1 Å². The summed E-state index contributed by atoms with van der Waals surface area (Å²) in [7, 11) is 3.33. The van der Waals surface area contributed by atoms with Gasteiger partial charge in [-0.1, -0.05) is 30.3 Å². The largest absolute Gasteiger partial charge is 0.497 e. The third-order valence-electron chi connectivity index (χ3n) is 5.99. The predicted octanol–water partition coefficient (Wildman–Crippen LogP) is 4.92. The molecule has 3 aromatic rings. The zero-order valence-corrected chi connectivity index (χ0v) is 19.3. The lowest BCUT2D eigenvalue weighted by molar-refractivity contribution is 0.259. The lowest BCUT2D eigenvalue weighted by Gasteiger charge is -2.23. The van der Waals surface area contributed by atoms with Crippen LogP contribution in [-0.2, 0) is 9.47 Å². The Labute approximate surface area is 199 Å². The van der Waals surface area contributed by atoms with Crippen molar-refractivity contribution in [3.05, 3.63) is 89.2 Å². The van der Waals surface area contributed by atoms with Crippen LogP contribution in [0.25, 0.3) is 0 Å². The third-order valence-corrected chi connectivity index (χ3v) is 5.99. The van der Waals surface area contributed by atoms with Gasteiger partial charge in [0.1, 0.15) is 22.9 Å². The maximum Gasteiger partial charge on any atom is 0.235 e. The van der Waals surface area contributed by atoms with E-state index in [1.807, 2.05) is 66.7 Å². The molecule has 2 aromatic carbocycles. The average molecular weight is 458 g/mol. The summed E-state index contributed by atoms with van der Waals surface area (Å²) in [5.41, 5.74) is 3.60. The highest BCUT2D eigenvalue weighted by molar-refractivity contribution is 5.96. The van der Waals surface area contributed by atoms with Crippen LogP contribution >= 0.6 is 0 Å². The van der Waals surface area contributed by atoms with E-state index >= 15 is 0 Å². The van der Waals surface area contributed by atoms with Crippen molar-refractivity contribution >= 4 is 11.8 Å². The SMILES string of the molecule is COc1ccc([C@@H]2CCOC(c3cccc(C4=N[C@H](c5ccc(OC)cc5)CCO4)n3)=N2)cc1. The quantitative estimate of drug-likeness (QED) is 0.526. The molecule has 0 radical (unpaired) electrons. The Morgan fingerprint density at radius 1 is 0.647 bits per heavy atom. The van der Waals surface area contributed by atoms with Gasteiger partial charge in [0.25, 0.3) is 0 Å². The Balaban J connectivity index is 1.39. The molecule has 0 N–H and O–H groups in total. The van der Waals surface area contributed by atoms with Gasteiger partial charge in [-0.25, -0.2) is 15.0 Å². The van der Waals surface area contributed by atoms with Gasteiger partial charge >= 0.3 is 0 Å². The number of pyridine rings is 1. The highest BCUT2D eigenvalue weighted by Gasteiger charge is 2.23. The molecule has 0 saturated heterocycles. The van der Waals surface area contributed by atoms with Crippen LogP contribution in [0.2, 0.25) is 0 Å². The minimum absolute atomic E-state index is 0.0165. The van der Waals surface area contributed by atoms with Gasteiger partial charge < -0.3 is 18.9 Å². The van der Waals surface area contributed by atoms with E-state index < -0.39 is 0 Å². The summed E-state index contributed by atoms with van der Waals surface area (Å²) in [6.07, 6.45) is 1.63. The molecule has 5 rings (SSSR count). The monoisotopic (exact) mass is 457 g/mol. The predicted molar refractivity (Wildman–Crippen MR) is 130 cm³/mol. The Kier molecular flexibility index (Phi) is 6.42. The molecule has 2 aliphatic heterocycles. The zero-order valence-electron chi connectivity index (χ0n) is 19.3. The van der Waals surface area contributed by atoms with E-state index in [0.29, 0.717) is 36.4 Å². The lowest BCUT2D eigenvalue weighted by atomic mass is 10.0. The number of aliphatic imine (C=N–C) groups is 2. The zero-order chi connectivity index (χ0) is 23.3. The van der Waals surface area contributed by atoms with Crippen LogP contribution in [0.5, 0.6) is 11.5 Å². The molecule has 1 aromatic heterocycles. The van der Waals surface area contributed by atoms with Crippen molar-refractivity contribution in [2.24, 2.45) is 9.98 Å². The molecule has 0 spiro atoms. The van der Waals surface area contributed by atoms with Crippen molar-refractivity contribution in [3.63, 3.8) is 0 Å². The summed E-state index contributed by atoms with van der Waals surface area (Å²) in [6, 6.07) is 21.8. The third kappa shape index (κ3) is 4.73. The van der Waals surface area contributed by atoms with Crippen LogP contribution in [0.1, 0.15) is 47.4 Å². The van der Waals surface area contributed by atoms with Gasteiger partial charge in [0.05, 0.1) is 39.5 Å². The van der Waals surface area contributed by atoms with E-state index in [4.69, 9.17) is 33.9 Å². The molecule has 7 heteroatoms. The highest BCUT2D eigenvalue weighted by atomic mass is 16.5. The van der Waals surface area contributed by atoms with Gasteiger partial charge in [-0.15, -0.1) is 0 Å². The minimum atomic E-state index is 0.0165. The van der Waals surface area contributed by atoms with Crippen molar-refractivity contribution in [3.8, 4) is 11.5 Å². The molecule has 3 heterocycles. The first-order valence-corrected chi connectivity index (χ1v) is 11.4. The Morgan fingerprint density at radius 2 is 1.09 bits per heavy atom. The van der Waals surface area contributed by atoms with Crippen molar-refractivity contribution in [2.45, 2.75) is 24.9 Å². The number of aromatic nitrogens is 1.